The van der Waals surface area contributed by atoms with Crippen molar-refractivity contribution >= 4 is 22.7 Å². The number of nitrogens with one attached hydrogen (secondary N) is 2. The zero-order chi connectivity index (χ0) is 18.2. The third-order valence-electron chi connectivity index (χ3n) is 5.93. The molecule has 3 aliphatic rings. The molecule has 2 unspecified atom stereocenters. The molecule has 1 saturated heterocycles. The molecule has 2 atom stereocenters. The van der Waals surface area contributed by atoms with Gasteiger partial charge in [0.25, 0.3) is 0 Å². The number of allylic oxidation sites excluding steroid dienone is 5. The fraction of sp³-hybridized carbons (Fsp3) is 0.450. The standard InChI is InChI=1S/C20H25N7/c21-18-17-19(25-16-6-5-14-3-1-2-4-15(14)16)26-27(20(17)24-12-23-18)11-13-7-9-22-10-8-13/h1-4,6,12-15,22H,5,7-11H2,(H,25,26)(H2,21,23,24). The van der Waals surface area contributed by atoms with Crippen LogP contribution >= 0.6 is 0 Å². The van der Waals surface area contributed by atoms with Gasteiger partial charge in [-0.15, -0.1) is 0 Å². The van der Waals surface area contributed by atoms with E-state index in [1.165, 1.54) is 12.0 Å². The first kappa shape index (κ1) is 16.5. The molecule has 0 aromatic carbocycles. The largest absolute Gasteiger partial charge is 0.383 e. The van der Waals surface area contributed by atoms with Crippen molar-refractivity contribution in [2.45, 2.75) is 25.8 Å². The summed E-state index contributed by atoms with van der Waals surface area (Å²) in [6.07, 6.45) is 16.0. The van der Waals surface area contributed by atoms with Crippen molar-refractivity contribution < 1.29 is 0 Å². The minimum Gasteiger partial charge on any atom is -0.383 e. The number of hydrogen-bond acceptors (Lipinski definition) is 6. The maximum Gasteiger partial charge on any atom is 0.165 e. The Morgan fingerprint density at radius 2 is 2.04 bits per heavy atom. The molecule has 0 bridgehead atoms. The molecule has 1 fully saturated rings. The predicted octanol–water partition coefficient (Wildman–Crippen LogP) is 2.47. The van der Waals surface area contributed by atoms with Crippen molar-refractivity contribution in [1.29, 1.82) is 0 Å². The molecule has 0 radical (unpaired) electrons. The van der Waals surface area contributed by atoms with Crippen LogP contribution in [0.5, 0.6) is 0 Å². The molecule has 0 amide bonds. The van der Waals surface area contributed by atoms with Crippen molar-refractivity contribution in [2.24, 2.45) is 17.8 Å². The van der Waals surface area contributed by atoms with Gasteiger partial charge in [-0.25, -0.2) is 14.6 Å². The SMILES string of the molecule is Nc1ncnc2c1c(NC1=CCC3C=CC=CC13)nn2CC1CCNCC1. The topological polar surface area (TPSA) is 93.7 Å². The molecule has 4 N–H and O–H groups in total. The fourth-order valence-electron chi connectivity index (χ4n) is 4.44. The van der Waals surface area contributed by atoms with E-state index in [0.29, 0.717) is 23.6 Å². The van der Waals surface area contributed by atoms with Crippen LogP contribution in [0.3, 0.4) is 0 Å². The summed E-state index contributed by atoms with van der Waals surface area (Å²) >= 11 is 0. The minimum atomic E-state index is 0.380. The highest BCUT2D eigenvalue weighted by Gasteiger charge is 2.29. The van der Waals surface area contributed by atoms with Crippen LogP contribution in [0.1, 0.15) is 19.3 Å². The van der Waals surface area contributed by atoms with Crippen molar-refractivity contribution in [3.63, 3.8) is 0 Å². The second-order valence-electron chi connectivity index (χ2n) is 7.66. The number of piperidine rings is 1. The highest BCUT2D eigenvalue weighted by molar-refractivity contribution is 5.96. The lowest BCUT2D eigenvalue weighted by molar-refractivity contribution is 0.325. The summed E-state index contributed by atoms with van der Waals surface area (Å²) < 4.78 is 2.01. The first-order valence-corrected chi connectivity index (χ1v) is 9.79. The van der Waals surface area contributed by atoms with Crippen LogP contribution < -0.4 is 16.4 Å². The highest BCUT2D eigenvalue weighted by atomic mass is 15.3. The minimum absolute atomic E-state index is 0.380. The van der Waals surface area contributed by atoms with Crippen molar-refractivity contribution in [3.05, 3.63) is 42.4 Å². The van der Waals surface area contributed by atoms with Gasteiger partial charge in [-0.2, -0.15) is 5.10 Å². The smallest absolute Gasteiger partial charge is 0.165 e. The van der Waals surface area contributed by atoms with E-state index < -0.39 is 0 Å². The van der Waals surface area contributed by atoms with Crippen molar-refractivity contribution in [1.82, 2.24) is 25.1 Å². The quantitative estimate of drug-likeness (QED) is 0.773. The summed E-state index contributed by atoms with van der Waals surface area (Å²) in [5.41, 5.74) is 8.22. The normalized spacial score (nSPS) is 25.0. The zero-order valence-electron chi connectivity index (χ0n) is 15.3. The number of nitrogens with zero attached hydrogens (tertiary/aromatic N) is 4. The Labute approximate surface area is 158 Å². The van der Waals surface area contributed by atoms with Crippen molar-refractivity contribution in [2.75, 3.05) is 24.1 Å². The second kappa shape index (κ2) is 6.81. The zero-order valence-corrected chi connectivity index (χ0v) is 15.3. The van der Waals surface area contributed by atoms with Crippen LogP contribution in [0.15, 0.2) is 42.4 Å². The molecule has 0 saturated carbocycles. The Morgan fingerprint density at radius 1 is 1.19 bits per heavy atom. The van der Waals surface area contributed by atoms with Gasteiger partial charge in [0, 0.05) is 18.2 Å². The van der Waals surface area contributed by atoms with E-state index in [-0.39, 0.29) is 0 Å². The number of rotatable bonds is 4. The van der Waals surface area contributed by atoms with Crippen molar-refractivity contribution in [3.8, 4) is 0 Å². The summed E-state index contributed by atoms with van der Waals surface area (Å²) in [4.78, 5) is 8.70. The van der Waals surface area contributed by atoms with Crippen LogP contribution in [0.4, 0.5) is 11.6 Å². The lowest BCUT2D eigenvalue weighted by Gasteiger charge is -2.22. The number of fused-ring (bicyclic) bond motifs is 2. The second-order valence-corrected chi connectivity index (χ2v) is 7.66. The van der Waals surface area contributed by atoms with Gasteiger partial charge < -0.3 is 16.4 Å². The summed E-state index contributed by atoms with van der Waals surface area (Å²) in [5.74, 6) is 2.78. The summed E-state index contributed by atoms with van der Waals surface area (Å²) in [6.45, 7) is 3.01. The molecule has 5 rings (SSSR count). The van der Waals surface area contributed by atoms with Crippen LogP contribution in [-0.2, 0) is 6.54 Å². The van der Waals surface area contributed by atoms with E-state index >= 15 is 0 Å². The molecule has 27 heavy (non-hydrogen) atoms. The summed E-state index contributed by atoms with van der Waals surface area (Å²) in [5, 5.41) is 12.7. The van der Waals surface area contributed by atoms with E-state index in [1.807, 2.05) is 4.68 Å². The van der Waals surface area contributed by atoms with Gasteiger partial charge in [0.15, 0.2) is 11.5 Å². The average Bonchev–Trinajstić information content (AvgIpc) is 3.26. The lowest BCUT2D eigenvalue weighted by atomic mass is 9.90. The van der Waals surface area contributed by atoms with Gasteiger partial charge in [0.1, 0.15) is 17.5 Å². The molecular weight excluding hydrogens is 338 g/mol. The van der Waals surface area contributed by atoms with Crippen LogP contribution in [-0.4, -0.2) is 32.8 Å². The van der Waals surface area contributed by atoms with E-state index in [9.17, 15) is 0 Å². The Hall–Kier alpha value is -2.67. The molecule has 7 heteroatoms. The van der Waals surface area contributed by atoms with Crippen LogP contribution in [0.2, 0.25) is 0 Å². The predicted molar refractivity (Wildman–Crippen MR) is 107 cm³/mol. The number of aromatic nitrogens is 4. The maximum absolute atomic E-state index is 6.21. The fourth-order valence-corrected chi connectivity index (χ4v) is 4.44. The van der Waals surface area contributed by atoms with Crippen LogP contribution in [0.25, 0.3) is 11.0 Å². The first-order chi connectivity index (χ1) is 13.3. The van der Waals surface area contributed by atoms with Crippen LogP contribution in [0, 0.1) is 17.8 Å². The number of anilines is 2. The third kappa shape index (κ3) is 3.02. The van der Waals surface area contributed by atoms with E-state index in [2.05, 4.69) is 51.0 Å². The Morgan fingerprint density at radius 3 is 2.93 bits per heavy atom. The Kier molecular flexibility index (Phi) is 4.16. The third-order valence-corrected chi connectivity index (χ3v) is 5.93. The van der Waals surface area contributed by atoms with Gasteiger partial charge in [0.05, 0.1) is 0 Å². The highest BCUT2D eigenvalue weighted by Crippen LogP contribution is 2.38. The van der Waals surface area contributed by atoms with Gasteiger partial charge in [-0.3, -0.25) is 0 Å². The number of nitrogens with two attached hydrogens (primary N) is 1. The molecule has 7 nitrogen and oxygen atoms in total. The average molecular weight is 363 g/mol. The molecule has 3 heterocycles. The molecule has 2 aliphatic carbocycles. The monoisotopic (exact) mass is 363 g/mol. The Bertz CT molecular complexity index is 933. The molecule has 0 spiro atoms. The molecular formula is C20H25N7. The molecule has 2 aromatic rings. The van der Waals surface area contributed by atoms with Gasteiger partial charge in [-0.1, -0.05) is 30.4 Å². The molecule has 2 aromatic heterocycles. The van der Waals surface area contributed by atoms with Gasteiger partial charge >= 0.3 is 0 Å². The molecule has 1 aliphatic heterocycles. The number of hydrogen-bond donors (Lipinski definition) is 3. The number of nitrogen functional groups attached to an aromatic ring is 1. The van der Waals surface area contributed by atoms with Gasteiger partial charge in [-0.05, 0) is 44.2 Å². The molecule has 140 valence electrons. The summed E-state index contributed by atoms with van der Waals surface area (Å²) in [6, 6.07) is 0. The first-order valence-electron chi connectivity index (χ1n) is 9.79. The van der Waals surface area contributed by atoms with E-state index in [0.717, 1.165) is 55.7 Å². The maximum atomic E-state index is 6.21. The lowest BCUT2D eigenvalue weighted by Crippen LogP contribution is -2.30. The van der Waals surface area contributed by atoms with Gasteiger partial charge in [0.2, 0.25) is 0 Å². The van der Waals surface area contributed by atoms with E-state index in [4.69, 9.17) is 10.8 Å². The summed E-state index contributed by atoms with van der Waals surface area (Å²) in [7, 11) is 0. The van der Waals surface area contributed by atoms with E-state index in [1.54, 1.807) is 0 Å². The Balaban J connectivity index is 1.47.